The van der Waals surface area contributed by atoms with E-state index in [4.69, 9.17) is 4.74 Å². The first kappa shape index (κ1) is 14.6. The third kappa shape index (κ3) is 7.01. The Morgan fingerprint density at radius 1 is 1.06 bits per heavy atom. The molecule has 1 atom stereocenters. The van der Waals surface area contributed by atoms with E-state index in [1.165, 1.54) is 32.1 Å². The Balaban J connectivity index is 2.13. The molecule has 0 bridgehead atoms. The average molecular weight is 244 g/mol. The fourth-order valence-electron chi connectivity index (χ4n) is 1.80. The van der Waals surface area contributed by atoms with Crippen LogP contribution in [-0.4, -0.2) is 6.10 Å². The van der Waals surface area contributed by atoms with Gasteiger partial charge in [-0.15, -0.1) is 0 Å². The van der Waals surface area contributed by atoms with Crippen molar-refractivity contribution in [3.8, 4) is 12.0 Å². The van der Waals surface area contributed by atoms with Crippen LogP contribution in [0.5, 0.6) is 0 Å². The summed E-state index contributed by atoms with van der Waals surface area (Å²) in [5.41, 5.74) is 1.01. The highest BCUT2D eigenvalue weighted by Gasteiger charge is 2.00. The van der Waals surface area contributed by atoms with Crippen LogP contribution in [0.15, 0.2) is 30.3 Å². The van der Waals surface area contributed by atoms with Crippen LogP contribution in [0, 0.1) is 12.0 Å². The zero-order valence-corrected chi connectivity index (χ0v) is 11.6. The van der Waals surface area contributed by atoms with Gasteiger partial charge in [-0.1, -0.05) is 50.8 Å². The molecule has 0 saturated heterocycles. The van der Waals surface area contributed by atoms with Crippen LogP contribution >= 0.6 is 0 Å². The number of rotatable bonds is 7. The molecule has 1 aromatic carbocycles. The van der Waals surface area contributed by atoms with Crippen molar-refractivity contribution in [1.29, 1.82) is 0 Å². The first-order valence-corrected chi connectivity index (χ1v) is 7.04. The van der Waals surface area contributed by atoms with Gasteiger partial charge in [0.05, 0.1) is 0 Å². The van der Waals surface area contributed by atoms with Crippen LogP contribution in [0.4, 0.5) is 0 Å². The zero-order valence-electron chi connectivity index (χ0n) is 11.6. The first-order chi connectivity index (χ1) is 8.83. The predicted octanol–water partition coefficient (Wildman–Crippen LogP) is 4.76. The summed E-state index contributed by atoms with van der Waals surface area (Å²) in [6.07, 6.45) is 10.7. The summed E-state index contributed by atoms with van der Waals surface area (Å²) < 4.78 is 5.49. The maximum atomic E-state index is 5.49. The van der Waals surface area contributed by atoms with Crippen molar-refractivity contribution < 1.29 is 4.74 Å². The molecule has 0 spiro atoms. The highest BCUT2D eigenvalue weighted by molar-refractivity contribution is 5.32. The average Bonchev–Trinajstić information content (AvgIpc) is 2.40. The van der Waals surface area contributed by atoms with Crippen molar-refractivity contribution in [1.82, 2.24) is 0 Å². The lowest BCUT2D eigenvalue weighted by molar-refractivity contribution is 0.171. The Bertz CT molecular complexity index is 358. The smallest absolute Gasteiger partial charge is 0.115 e. The molecule has 1 aromatic rings. The van der Waals surface area contributed by atoms with Crippen molar-refractivity contribution in [2.75, 3.05) is 0 Å². The van der Waals surface area contributed by atoms with Crippen molar-refractivity contribution in [2.45, 2.75) is 58.5 Å². The molecule has 98 valence electrons. The lowest BCUT2D eigenvalue weighted by atomic mass is 10.1. The molecule has 18 heavy (non-hydrogen) atoms. The summed E-state index contributed by atoms with van der Waals surface area (Å²) in [6, 6.07) is 9.95. The molecule has 1 unspecified atom stereocenters. The van der Waals surface area contributed by atoms with E-state index >= 15 is 0 Å². The molecule has 0 fully saturated rings. The number of hydrogen-bond acceptors (Lipinski definition) is 1. The van der Waals surface area contributed by atoms with Crippen molar-refractivity contribution >= 4 is 0 Å². The Morgan fingerprint density at radius 2 is 1.78 bits per heavy atom. The lowest BCUT2D eigenvalue weighted by Gasteiger charge is -2.08. The molecule has 0 aliphatic heterocycles. The molecule has 0 radical (unpaired) electrons. The first-order valence-electron chi connectivity index (χ1n) is 7.04. The van der Waals surface area contributed by atoms with Gasteiger partial charge in [-0.2, -0.15) is 0 Å². The van der Waals surface area contributed by atoms with Gasteiger partial charge in [0, 0.05) is 5.56 Å². The second-order valence-electron chi connectivity index (χ2n) is 4.72. The third-order valence-electron chi connectivity index (χ3n) is 2.94. The molecule has 0 aliphatic rings. The van der Waals surface area contributed by atoms with Gasteiger partial charge >= 0.3 is 0 Å². The quantitative estimate of drug-likeness (QED) is 0.496. The molecule has 0 aromatic heterocycles. The fraction of sp³-hybridized carbons (Fsp3) is 0.529. The second kappa shape index (κ2) is 9.59. The molecular weight excluding hydrogens is 220 g/mol. The van der Waals surface area contributed by atoms with Crippen LogP contribution < -0.4 is 0 Å². The van der Waals surface area contributed by atoms with E-state index in [0.29, 0.717) is 0 Å². The zero-order chi connectivity index (χ0) is 13.1. The van der Waals surface area contributed by atoms with Gasteiger partial charge in [0.2, 0.25) is 0 Å². The summed E-state index contributed by atoms with van der Waals surface area (Å²) >= 11 is 0. The standard InChI is InChI=1S/C17H24O/c1-3-4-5-6-8-11-16(2)18-15-14-17-12-9-7-10-13-17/h7,9-10,12-13,16H,3-6,8,11H2,1-2H3. The molecule has 0 saturated carbocycles. The van der Waals surface area contributed by atoms with E-state index in [2.05, 4.69) is 25.9 Å². The van der Waals surface area contributed by atoms with E-state index in [0.717, 1.165) is 12.0 Å². The van der Waals surface area contributed by atoms with Gasteiger partial charge in [0.15, 0.2) is 0 Å². The highest BCUT2D eigenvalue weighted by Crippen LogP contribution is 2.08. The van der Waals surface area contributed by atoms with Crippen LogP contribution in [-0.2, 0) is 4.74 Å². The summed E-state index contributed by atoms with van der Waals surface area (Å²) in [5.74, 6) is 3.01. The fourth-order valence-corrected chi connectivity index (χ4v) is 1.80. The molecule has 0 amide bonds. The van der Waals surface area contributed by atoms with Crippen LogP contribution in [0.25, 0.3) is 0 Å². The molecule has 0 N–H and O–H groups in total. The Hall–Kier alpha value is -1.42. The van der Waals surface area contributed by atoms with Gasteiger partial charge in [-0.25, -0.2) is 0 Å². The van der Waals surface area contributed by atoms with E-state index in [9.17, 15) is 0 Å². The summed E-state index contributed by atoms with van der Waals surface area (Å²) in [6.45, 7) is 4.34. The topological polar surface area (TPSA) is 9.23 Å². The summed E-state index contributed by atoms with van der Waals surface area (Å²) in [7, 11) is 0. The maximum absolute atomic E-state index is 5.49. The minimum absolute atomic E-state index is 0.239. The Morgan fingerprint density at radius 3 is 2.50 bits per heavy atom. The number of unbranched alkanes of at least 4 members (excludes halogenated alkanes) is 4. The minimum atomic E-state index is 0.239. The van der Waals surface area contributed by atoms with Gasteiger partial charge in [0.1, 0.15) is 12.2 Å². The number of benzene rings is 1. The van der Waals surface area contributed by atoms with Gasteiger partial charge in [0.25, 0.3) is 0 Å². The Kier molecular flexibility index (Phi) is 7.80. The molecule has 0 aliphatic carbocycles. The third-order valence-corrected chi connectivity index (χ3v) is 2.94. The molecule has 1 heteroatoms. The van der Waals surface area contributed by atoms with E-state index in [-0.39, 0.29) is 6.10 Å². The monoisotopic (exact) mass is 244 g/mol. The Labute approximate surface area is 112 Å². The van der Waals surface area contributed by atoms with Crippen molar-refractivity contribution in [2.24, 2.45) is 0 Å². The predicted molar refractivity (Wildman–Crippen MR) is 77.2 cm³/mol. The van der Waals surface area contributed by atoms with Crippen molar-refractivity contribution in [3.05, 3.63) is 35.9 Å². The van der Waals surface area contributed by atoms with E-state index in [1.807, 2.05) is 30.3 Å². The van der Waals surface area contributed by atoms with Crippen LogP contribution in [0.2, 0.25) is 0 Å². The molecular formula is C17H24O. The van der Waals surface area contributed by atoms with Crippen molar-refractivity contribution in [3.63, 3.8) is 0 Å². The van der Waals surface area contributed by atoms with Gasteiger partial charge in [-0.3, -0.25) is 0 Å². The molecule has 0 heterocycles. The molecule has 1 nitrogen and oxygen atoms in total. The summed E-state index contributed by atoms with van der Waals surface area (Å²) in [4.78, 5) is 0. The lowest BCUT2D eigenvalue weighted by Crippen LogP contribution is -2.03. The number of hydrogen-bond donors (Lipinski definition) is 0. The molecule has 1 rings (SSSR count). The second-order valence-corrected chi connectivity index (χ2v) is 4.72. The maximum Gasteiger partial charge on any atom is 0.115 e. The summed E-state index contributed by atoms with van der Waals surface area (Å²) in [5, 5.41) is 0. The normalized spacial score (nSPS) is 11.4. The van der Waals surface area contributed by atoms with Gasteiger partial charge < -0.3 is 4.74 Å². The van der Waals surface area contributed by atoms with Gasteiger partial charge in [-0.05, 0) is 37.8 Å². The van der Waals surface area contributed by atoms with Crippen LogP contribution in [0.3, 0.4) is 0 Å². The SMILES string of the molecule is CCCCCCCC(C)OC#Cc1ccccc1. The van der Waals surface area contributed by atoms with E-state index in [1.54, 1.807) is 0 Å². The number of ether oxygens (including phenoxy) is 1. The largest absolute Gasteiger partial charge is 0.443 e. The van der Waals surface area contributed by atoms with E-state index < -0.39 is 0 Å². The minimum Gasteiger partial charge on any atom is -0.443 e. The van der Waals surface area contributed by atoms with Crippen LogP contribution in [0.1, 0.15) is 57.9 Å². The highest BCUT2D eigenvalue weighted by atomic mass is 16.5.